The maximum Gasteiger partial charge on any atom is 0.0599 e. The Bertz CT molecular complexity index is 504. The van der Waals surface area contributed by atoms with Crippen LogP contribution in [-0.2, 0) is 9.47 Å². The number of ether oxygens (including phenoxy) is 2. The van der Waals surface area contributed by atoms with Crippen LogP contribution >= 0.6 is 0 Å². The second-order valence-electron chi connectivity index (χ2n) is 12.1. The van der Waals surface area contributed by atoms with Crippen molar-refractivity contribution in [1.29, 1.82) is 0 Å². The predicted molar refractivity (Wildman–Crippen MR) is 165 cm³/mol. The molecule has 4 nitrogen and oxygen atoms in total. The van der Waals surface area contributed by atoms with Gasteiger partial charge in [0.15, 0.2) is 0 Å². The zero-order chi connectivity index (χ0) is 24.1. The Hall–Kier alpha value is -0.160. The van der Waals surface area contributed by atoms with Gasteiger partial charge in [-0.15, -0.1) is 0 Å². The maximum atomic E-state index is 6.24. The van der Waals surface area contributed by atoms with E-state index in [1.54, 1.807) is 0 Å². The monoisotopic (exact) mass is 527 g/mol. The van der Waals surface area contributed by atoms with Crippen LogP contribution in [0.3, 0.4) is 0 Å². The topological polar surface area (TPSA) is 24.9 Å². The molecule has 0 N–H and O–H groups in total. The first-order valence-electron chi connectivity index (χ1n) is 15.3. The van der Waals surface area contributed by atoms with E-state index in [0.29, 0.717) is 17.6 Å². The lowest BCUT2D eigenvalue weighted by Crippen LogP contribution is -2.50. The van der Waals surface area contributed by atoms with Gasteiger partial charge in [0.1, 0.15) is 0 Å². The zero-order valence-electron chi connectivity index (χ0n) is 23.2. The van der Waals surface area contributed by atoms with Gasteiger partial charge in [-0.1, -0.05) is 75.2 Å². The van der Waals surface area contributed by atoms with Crippen LogP contribution in [0.25, 0.3) is 0 Å². The fourth-order valence-corrected chi connectivity index (χ4v) is 6.48. The third-order valence-electron chi connectivity index (χ3n) is 8.97. The van der Waals surface area contributed by atoms with Gasteiger partial charge in [0.25, 0.3) is 0 Å². The number of nitrogens with zero attached hydrogens (tertiary/aromatic N) is 2. The van der Waals surface area contributed by atoms with Crippen molar-refractivity contribution < 1.29 is 9.47 Å². The summed E-state index contributed by atoms with van der Waals surface area (Å²) in [5.41, 5.74) is 0.638. The van der Waals surface area contributed by atoms with E-state index in [1.807, 2.05) is 0 Å². The molecule has 1 spiro atoms. The lowest BCUT2D eigenvalue weighted by Gasteiger charge is -2.52. The predicted octanol–water partition coefficient (Wildman–Crippen LogP) is 8.82. The first kappa shape index (κ1) is 36.8. The lowest BCUT2D eigenvalue weighted by atomic mass is 9.61. The number of hydrogen-bond acceptors (Lipinski definition) is 4. The van der Waals surface area contributed by atoms with Gasteiger partial charge >= 0.3 is 0 Å². The SMILES string of the molecule is C.C.C.CCCCCCN1CCC(OCCCCC(C)CN2CCC3(CC2)CC(OCCCC)C3)CC1. The minimum absolute atomic E-state index is 0. The Morgan fingerprint density at radius 3 is 1.97 bits per heavy atom. The van der Waals surface area contributed by atoms with Crippen LogP contribution in [-0.4, -0.2) is 74.5 Å². The Morgan fingerprint density at radius 2 is 1.32 bits per heavy atom. The van der Waals surface area contributed by atoms with E-state index in [4.69, 9.17) is 9.47 Å². The third kappa shape index (κ3) is 13.6. The molecule has 3 fully saturated rings. The van der Waals surface area contributed by atoms with E-state index >= 15 is 0 Å². The van der Waals surface area contributed by atoms with Gasteiger partial charge in [-0.25, -0.2) is 0 Å². The first-order valence-corrected chi connectivity index (χ1v) is 15.3. The Kier molecular flexibility index (Phi) is 20.6. The van der Waals surface area contributed by atoms with Crippen molar-refractivity contribution >= 4 is 0 Å². The summed E-state index contributed by atoms with van der Waals surface area (Å²) in [6.45, 7) is 16.7. The molecule has 1 aliphatic carbocycles. The molecule has 0 aromatic heterocycles. The second-order valence-corrected chi connectivity index (χ2v) is 12.1. The highest BCUT2D eigenvalue weighted by Crippen LogP contribution is 2.50. The van der Waals surface area contributed by atoms with E-state index in [-0.39, 0.29) is 22.3 Å². The maximum absolute atomic E-state index is 6.24. The summed E-state index contributed by atoms with van der Waals surface area (Å²) in [6, 6.07) is 0. The fraction of sp³-hybridized carbons (Fsp3) is 1.00. The molecule has 0 radical (unpaired) electrons. The summed E-state index contributed by atoms with van der Waals surface area (Å²) >= 11 is 0. The average Bonchev–Trinajstić information content (AvgIpc) is 2.83. The first-order chi connectivity index (χ1) is 16.6. The molecule has 2 aliphatic heterocycles. The molecule has 0 aromatic rings. The molecule has 2 heterocycles. The molecule has 1 atom stereocenters. The van der Waals surface area contributed by atoms with Gasteiger partial charge in [-0.05, 0) is 95.2 Å². The highest BCUT2D eigenvalue weighted by Gasteiger charge is 2.46. The van der Waals surface area contributed by atoms with Crippen LogP contribution < -0.4 is 0 Å². The highest BCUT2D eigenvalue weighted by atomic mass is 16.5. The van der Waals surface area contributed by atoms with Crippen molar-refractivity contribution in [3.8, 4) is 0 Å². The standard InChI is InChI=1S/C30H58N2O2.3CH4/c1-4-6-8-10-17-31-18-13-28(14-19-31)33-23-11-9-12-27(3)26-32-20-15-30(16-21-32)24-29(25-30)34-22-7-5-2;;;/h27-29H,4-26H2,1-3H3;3*1H4. The summed E-state index contributed by atoms with van der Waals surface area (Å²) in [5.74, 6) is 0.816. The Balaban J connectivity index is 0.00000432. The molecule has 0 amide bonds. The summed E-state index contributed by atoms with van der Waals surface area (Å²) in [7, 11) is 0. The van der Waals surface area contributed by atoms with Crippen LogP contribution in [0.15, 0.2) is 0 Å². The summed E-state index contributed by atoms with van der Waals surface area (Å²) in [5, 5.41) is 0. The Labute approximate surface area is 234 Å². The van der Waals surface area contributed by atoms with E-state index in [9.17, 15) is 0 Å². The molecular weight excluding hydrogens is 456 g/mol. The van der Waals surface area contributed by atoms with Crippen molar-refractivity contribution in [2.24, 2.45) is 11.3 Å². The van der Waals surface area contributed by atoms with Crippen LogP contribution in [0.1, 0.15) is 139 Å². The molecule has 37 heavy (non-hydrogen) atoms. The largest absolute Gasteiger partial charge is 0.378 e. The van der Waals surface area contributed by atoms with Crippen LogP contribution in [0.4, 0.5) is 0 Å². The molecule has 0 bridgehead atoms. The van der Waals surface area contributed by atoms with Gasteiger partial charge in [-0.2, -0.15) is 0 Å². The quantitative estimate of drug-likeness (QED) is 0.177. The Morgan fingerprint density at radius 1 is 0.703 bits per heavy atom. The number of likely N-dealkylation sites (tertiary alicyclic amines) is 2. The van der Waals surface area contributed by atoms with Gasteiger partial charge in [-0.3, -0.25) is 0 Å². The van der Waals surface area contributed by atoms with Gasteiger partial charge < -0.3 is 19.3 Å². The number of hydrogen-bond donors (Lipinski definition) is 0. The molecule has 3 aliphatic rings. The average molecular weight is 527 g/mol. The lowest BCUT2D eigenvalue weighted by molar-refractivity contribution is -0.106. The summed E-state index contributed by atoms with van der Waals surface area (Å²) in [4.78, 5) is 5.40. The molecule has 0 aromatic carbocycles. The normalized spacial score (nSPS) is 21.5. The molecule has 1 unspecified atom stereocenters. The molecule has 3 rings (SSSR count). The van der Waals surface area contributed by atoms with Crippen molar-refractivity contribution in [2.75, 3.05) is 52.5 Å². The van der Waals surface area contributed by atoms with Gasteiger partial charge in [0.05, 0.1) is 12.2 Å². The van der Waals surface area contributed by atoms with Gasteiger partial charge in [0, 0.05) is 32.8 Å². The minimum atomic E-state index is 0. The summed E-state index contributed by atoms with van der Waals surface area (Å²) in [6.07, 6.45) is 20.9. The van der Waals surface area contributed by atoms with Crippen molar-refractivity contribution in [3.05, 3.63) is 0 Å². The van der Waals surface area contributed by atoms with Crippen molar-refractivity contribution in [2.45, 2.75) is 152 Å². The molecule has 4 heteroatoms. The number of piperidine rings is 2. The smallest absolute Gasteiger partial charge is 0.0599 e. The number of rotatable bonds is 17. The molecule has 1 saturated carbocycles. The minimum Gasteiger partial charge on any atom is -0.378 e. The second kappa shape index (κ2) is 20.7. The fourth-order valence-electron chi connectivity index (χ4n) is 6.48. The third-order valence-corrected chi connectivity index (χ3v) is 8.97. The molecule has 2 saturated heterocycles. The van der Waals surface area contributed by atoms with Crippen molar-refractivity contribution in [1.82, 2.24) is 9.80 Å². The van der Waals surface area contributed by atoms with Gasteiger partial charge in [0.2, 0.25) is 0 Å². The molecule has 224 valence electrons. The van der Waals surface area contributed by atoms with E-state index in [1.165, 1.54) is 136 Å². The van der Waals surface area contributed by atoms with E-state index < -0.39 is 0 Å². The van der Waals surface area contributed by atoms with E-state index in [0.717, 1.165) is 19.1 Å². The van der Waals surface area contributed by atoms with E-state index in [2.05, 4.69) is 30.6 Å². The van der Waals surface area contributed by atoms with Crippen molar-refractivity contribution in [3.63, 3.8) is 0 Å². The highest BCUT2D eigenvalue weighted by molar-refractivity contribution is 4.98. The van der Waals surface area contributed by atoms with Crippen LogP contribution in [0.2, 0.25) is 0 Å². The summed E-state index contributed by atoms with van der Waals surface area (Å²) < 4.78 is 12.3. The zero-order valence-corrected chi connectivity index (χ0v) is 23.2. The van der Waals surface area contributed by atoms with Crippen LogP contribution in [0.5, 0.6) is 0 Å². The number of unbranched alkanes of at least 4 members (excludes halogenated alkanes) is 5. The molecular formula is C33H70N2O2. The van der Waals surface area contributed by atoms with Crippen LogP contribution in [0, 0.1) is 11.3 Å².